The lowest BCUT2D eigenvalue weighted by atomic mass is 9.88. The van der Waals surface area contributed by atoms with Gasteiger partial charge in [-0.1, -0.05) is 48.3 Å². The van der Waals surface area contributed by atoms with E-state index in [1.807, 2.05) is 49.8 Å². The van der Waals surface area contributed by atoms with E-state index in [4.69, 9.17) is 28.9 Å². The second kappa shape index (κ2) is 5.76. The van der Waals surface area contributed by atoms with Crippen LogP contribution in [0.1, 0.15) is 30.8 Å². The summed E-state index contributed by atoms with van der Waals surface area (Å²) in [6.07, 6.45) is 1.39. The molecule has 1 aromatic carbocycles. The number of aryl methyl sites for hydroxylation is 2. The first-order valence-electron chi connectivity index (χ1n) is 6.61. The predicted octanol–water partition coefficient (Wildman–Crippen LogP) is 3.71. The Kier molecular flexibility index (Phi) is 4.43. The largest absolute Gasteiger partial charge is 0.321 e. The van der Waals surface area contributed by atoms with Gasteiger partial charge in [0, 0.05) is 24.0 Å². The lowest BCUT2D eigenvalue weighted by Crippen LogP contribution is -2.36. The molecule has 1 unspecified atom stereocenters. The fourth-order valence-corrected chi connectivity index (χ4v) is 3.09. The molecule has 0 aliphatic heterocycles. The minimum atomic E-state index is -0.596. The zero-order chi connectivity index (χ0) is 14.9. The third-order valence-electron chi connectivity index (χ3n) is 3.53. The van der Waals surface area contributed by atoms with Crippen LogP contribution in [0.4, 0.5) is 0 Å². The number of nitrogens with two attached hydrogens (primary N) is 1. The first kappa shape index (κ1) is 15.4. The Morgan fingerprint density at radius 2 is 1.95 bits per heavy atom. The summed E-state index contributed by atoms with van der Waals surface area (Å²) in [5.41, 5.74) is 8.63. The highest BCUT2D eigenvalue weighted by Crippen LogP contribution is 2.32. The number of hydrogen-bond donors (Lipinski definition) is 1. The summed E-state index contributed by atoms with van der Waals surface area (Å²) in [7, 11) is 1.89. The molecule has 1 atom stereocenters. The minimum absolute atomic E-state index is 0.582. The Morgan fingerprint density at radius 3 is 2.50 bits per heavy atom. The Bertz CT molecular complexity index is 618. The topological polar surface area (TPSA) is 43.8 Å². The number of halogens is 2. The number of benzene rings is 1. The van der Waals surface area contributed by atoms with Crippen LogP contribution in [0, 0.1) is 0 Å². The van der Waals surface area contributed by atoms with E-state index in [0.717, 1.165) is 23.4 Å². The second-order valence-electron chi connectivity index (χ2n) is 5.26. The van der Waals surface area contributed by atoms with Crippen LogP contribution >= 0.6 is 23.2 Å². The molecule has 0 aliphatic rings. The highest BCUT2D eigenvalue weighted by Gasteiger charge is 2.27. The van der Waals surface area contributed by atoms with E-state index in [1.54, 1.807) is 0 Å². The molecule has 108 valence electrons. The van der Waals surface area contributed by atoms with Crippen molar-refractivity contribution in [3.63, 3.8) is 0 Å². The molecular formula is C15H19Cl2N3. The minimum Gasteiger partial charge on any atom is -0.321 e. The maximum Gasteiger partial charge on any atom is 0.0850 e. The number of nitrogens with zero attached hydrogens (tertiary/aromatic N) is 2. The predicted molar refractivity (Wildman–Crippen MR) is 84.3 cm³/mol. The van der Waals surface area contributed by atoms with Crippen LogP contribution in [0.5, 0.6) is 0 Å². The van der Waals surface area contributed by atoms with Crippen LogP contribution in [0.25, 0.3) is 0 Å². The van der Waals surface area contributed by atoms with Crippen molar-refractivity contribution in [3.8, 4) is 0 Å². The maximum absolute atomic E-state index is 6.48. The Morgan fingerprint density at radius 1 is 1.30 bits per heavy atom. The molecule has 0 bridgehead atoms. The molecule has 1 heterocycles. The van der Waals surface area contributed by atoms with Crippen molar-refractivity contribution in [2.45, 2.75) is 32.2 Å². The molecule has 0 spiro atoms. The van der Waals surface area contributed by atoms with Crippen LogP contribution in [0.3, 0.4) is 0 Å². The van der Waals surface area contributed by atoms with Gasteiger partial charge in [0.2, 0.25) is 0 Å². The average molecular weight is 312 g/mol. The molecule has 3 nitrogen and oxygen atoms in total. The maximum atomic E-state index is 6.48. The molecule has 0 saturated carbocycles. The smallest absolute Gasteiger partial charge is 0.0850 e. The zero-order valence-corrected chi connectivity index (χ0v) is 13.5. The molecule has 5 heteroatoms. The molecule has 0 amide bonds. The van der Waals surface area contributed by atoms with Crippen molar-refractivity contribution in [2.24, 2.45) is 12.8 Å². The third-order valence-corrected chi connectivity index (χ3v) is 4.29. The molecule has 20 heavy (non-hydrogen) atoms. The van der Waals surface area contributed by atoms with Gasteiger partial charge in [-0.15, -0.1) is 0 Å². The van der Waals surface area contributed by atoms with Crippen molar-refractivity contribution in [1.29, 1.82) is 0 Å². The molecule has 0 fully saturated rings. The molecule has 0 saturated heterocycles. The third kappa shape index (κ3) is 2.85. The summed E-state index contributed by atoms with van der Waals surface area (Å²) in [4.78, 5) is 0. The Balaban J connectivity index is 2.38. The lowest BCUT2D eigenvalue weighted by Gasteiger charge is -2.26. The van der Waals surface area contributed by atoms with Gasteiger partial charge in [-0.3, -0.25) is 4.68 Å². The molecule has 0 radical (unpaired) electrons. The van der Waals surface area contributed by atoms with E-state index in [9.17, 15) is 0 Å². The summed E-state index contributed by atoms with van der Waals surface area (Å²) < 4.78 is 1.81. The van der Waals surface area contributed by atoms with Crippen molar-refractivity contribution in [1.82, 2.24) is 9.78 Å². The summed E-state index contributed by atoms with van der Waals surface area (Å²) in [6.45, 7) is 4.00. The van der Waals surface area contributed by atoms with Crippen LogP contribution in [0.15, 0.2) is 24.3 Å². The molecule has 2 aromatic rings. The monoisotopic (exact) mass is 311 g/mol. The zero-order valence-electron chi connectivity index (χ0n) is 12.0. The number of rotatable bonds is 4. The van der Waals surface area contributed by atoms with Crippen LogP contribution < -0.4 is 5.73 Å². The van der Waals surface area contributed by atoms with Crippen molar-refractivity contribution >= 4 is 23.2 Å². The second-order valence-corrected chi connectivity index (χ2v) is 6.04. The summed E-state index contributed by atoms with van der Waals surface area (Å²) >= 11 is 12.6. The summed E-state index contributed by atoms with van der Waals surface area (Å²) in [6, 6.07) is 7.64. The lowest BCUT2D eigenvalue weighted by molar-refractivity contribution is 0.472. The summed E-state index contributed by atoms with van der Waals surface area (Å²) in [5, 5.41) is 5.80. The van der Waals surface area contributed by atoms with E-state index >= 15 is 0 Å². The quantitative estimate of drug-likeness (QED) is 0.935. The first-order chi connectivity index (χ1) is 9.36. The van der Waals surface area contributed by atoms with Gasteiger partial charge in [0.15, 0.2) is 0 Å². The average Bonchev–Trinajstić information content (AvgIpc) is 2.66. The van der Waals surface area contributed by atoms with Crippen LogP contribution in [0.2, 0.25) is 10.0 Å². The molecule has 1 aromatic heterocycles. The number of aromatic nitrogens is 2. The normalized spacial score (nSPS) is 14.3. The molecule has 0 aliphatic carbocycles. The molecular weight excluding hydrogens is 293 g/mol. The standard InChI is InChI=1S/C15H19Cl2N3/c1-4-12-14(17)13(20(3)19-12)9-15(2,18)10-7-5-6-8-11(10)16/h5-8H,4,9,18H2,1-3H3. The van der Waals surface area contributed by atoms with E-state index in [-0.39, 0.29) is 0 Å². The SMILES string of the molecule is CCc1nn(C)c(CC(C)(N)c2ccccc2Cl)c1Cl. The highest BCUT2D eigenvalue weighted by molar-refractivity contribution is 6.32. The Hall–Kier alpha value is -1.03. The van der Waals surface area contributed by atoms with Gasteiger partial charge in [-0.05, 0) is 25.0 Å². The van der Waals surface area contributed by atoms with Crippen LogP contribution in [-0.2, 0) is 25.4 Å². The highest BCUT2D eigenvalue weighted by atomic mass is 35.5. The Labute approximate surface area is 129 Å². The van der Waals surface area contributed by atoms with Gasteiger partial charge in [0.1, 0.15) is 0 Å². The van der Waals surface area contributed by atoms with Crippen molar-refractivity contribution in [2.75, 3.05) is 0 Å². The van der Waals surface area contributed by atoms with Gasteiger partial charge in [0.05, 0.1) is 16.4 Å². The fraction of sp³-hybridized carbons (Fsp3) is 0.400. The van der Waals surface area contributed by atoms with Gasteiger partial charge < -0.3 is 5.73 Å². The van der Waals surface area contributed by atoms with Crippen LogP contribution in [-0.4, -0.2) is 9.78 Å². The summed E-state index contributed by atoms with van der Waals surface area (Å²) in [5.74, 6) is 0. The number of hydrogen-bond acceptors (Lipinski definition) is 2. The van der Waals surface area contributed by atoms with Crippen molar-refractivity contribution < 1.29 is 0 Å². The van der Waals surface area contributed by atoms with Gasteiger partial charge in [-0.25, -0.2) is 0 Å². The fourth-order valence-electron chi connectivity index (χ4n) is 2.38. The first-order valence-corrected chi connectivity index (χ1v) is 7.36. The molecule has 2 rings (SSSR count). The van der Waals surface area contributed by atoms with E-state index < -0.39 is 5.54 Å². The van der Waals surface area contributed by atoms with Crippen molar-refractivity contribution in [3.05, 3.63) is 51.3 Å². The van der Waals surface area contributed by atoms with E-state index in [0.29, 0.717) is 16.5 Å². The van der Waals surface area contributed by atoms with Gasteiger partial charge in [-0.2, -0.15) is 5.10 Å². The van der Waals surface area contributed by atoms with Gasteiger partial charge in [0.25, 0.3) is 0 Å². The van der Waals surface area contributed by atoms with Gasteiger partial charge >= 0.3 is 0 Å². The van der Waals surface area contributed by atoms with E-state index in [1.165, 1.54) is 0 Å². The van der Waals surface area contributed by atoms with E-state index in [2.05, 4.69) is 5.10 Å². The molecule has 2 N–H and O–H groups in total.